The lowest BCUT2D eigenvalue weighted by molar-refractivity contribution is 0.628. The Labute approximate surface area is 137 Å². The summed E-state index contributed by atoms with van der Waals surface area (Å²) in [5.74, 6) is 0.860. The van der Waals surface area contributed by atoms with E-state index in [0.29, 0.717) is 16.4 Å². The molecule has 0 aliphatic rings. The van der Waals surface area contributed by atoms with Crippen molar-refractivity contribution in [3.05, 3.63) is 39.2 Å². The Kier molecular flexibility index (Phi) is 5.53. The number of halogens is 3. The molecule has 0 amide bonds. The highest BCUT2D eigenvalue weighted by Gasteiger charge is 2.14. The van der Waals surface area contributed by atoms with Crippen LogP contribution in [0.2, 0.25) is 5.02 Å². The second kappa shape index (κ2) is 7.18. The van der Waals surface area contributed by atoms with E-state index in [4.69, 9.17) is 11.6 Å². The second-order valence-corrected chi connectivity index (χ2v) is 5.76. The molecule has 1 aromatic heterocycles. The van der Waals surface area contributed by atoms with Gasteiger partial charge in [0, 0.05) is 12.1 Å². The molecule has 2 rings (SSSR count). The van der Waals surface area contributed by atoms with Crippen LogP contribution in [0.15, 0.2) is 22.7 Å². The first-order valence-corrected chi connectivity index (χ1v) is 7.99. The molecule has 112 valence electrons. The van der Waals surface area contributed by atoms with Crippen molar-refractivity contribution in [2.45, 2.75) is 26.7 Å². The maximum atomic E-state index is 13.2. The number of hydrogen-bond acceptors (Lipinski definition) is 3. The number of rotatable bonds is 5. The molecule has 0 unspecified atom stereocenters. The van der Waals surface area contributed by atoms with Gasteiger partial charge < -0.3 is 5.32 Å². The standard InChI is InChI=1S/C15H16BrClFN3/c1-3-7-19-15-13(16)12(4-2)20-14(21-15)10-6-5-9(18)8-11(10)17/h5-6,8H,3-4,7H2,1-2H3,(H,19,20,21). The molecule has 0 aliphatic carbocycles. The minimum Gasteiger partial charge on any atom is -0.369 e. The third-order valence-electron chi connectivity index (χ3n) is 2.97. The minimum atomic E-state index is -0.374. The summed E-state index contributed by atoms with van der Waals surface area (Å²) in [4.78, 5) is 9.02. The predicted octanol–water partition coefficient (Wildman–Crippen LogP) is 5.08. The molecule has 1 heterocycles. The van der Waals surface area contributed by atoms with Crippen molar-refractivity contribution >= 4 is 33.3 Å². The van der Waals surface area contributed by atoms with E-state index in [9.17, 15) is 4.39 Å². The summed E-state index contributed by atoms with van der Waals surface area (Å²) < 4.78 is 14.0. The summed E-state index contributed by atoms with van der Waals surface area (Å²) in [5.41, 5.74) is 1.51. The van der Waals surface area contributed by atoms with Gasteiger partial charge in [-0.2, -0.15) is 0 Å². The van der Waals surface area contributed by atoms with Gasteiger partial charge in [0.2, 0.25) is 0 Å². The lowest BCUT2D eigenvalue weighted by Gasteiger charge is -2.12. The number of aromatic nitrogens is 2. The molecule has 0 radical (unpaired) electrons. The molecule has 0 aliphatic heterocycles. The van der Waals surface area contributed by atoms with Crippen molar-refractivity contribution in [3.8, 4) is 11.4 Å². The number of aryl methyl sites for hydroxylation is 1. The zero-order valence-electron chi connectivity index (χ0n) is 11.9. The fourth-order valence-corrected chi connectivity index (χ4v) is 2.73. The van der Waals surface area contributed by atoms with Gasteiger partial charge in [-0.1, -0.05) is 25.4 Å². The zero-order chi connectivity index (χ0) is 15.4. The summed E-state index contributed by atoms with van der Waals surface area (Å²) in [6.07, 6.45) is 1.75. The Morgan fingerprint density at radius 3 is 2.67 bits per heavy atom. The second-order valence-electron chi connectivity index (χ2n) is 4.56. The molecule has 6 heteroatoms. The molecular formula is C15H16BrClFN3. The average Bonchev–Trinajstić information content (AvgIpc) is 2.46. The van der Waals surface area contributed by atoms with Crippen LogP contribution in [-0.4, -0.2) is 16.5 Å². The van der Waals surface area contributed by atoms with Gasteiger partial charge in [-0.25, -0.2) is 14.4 Å². The normalized spacial score (nSPS) is 10.7. The van der Waals surface area contributed by atoms with Crippen molar-refractivity contribution < 1.29 is 4.39 Å². The molecule has 2 aromatic rings. The molecule has 0 fully saturated rings. The molecule has 0 atom stereocenters. The van der Waals surface area contributed by atoms with Crippen LogP contribution >= 0.6 is 27.5 Å². The molecule has 0 saturated heterocycles. The molecule has 1 N–H and O–H groups in total. The van der Waals surface area contributed by atoms with Crippen molar-refractivity contribution in [3.63, 3.8) is 0 Å². The van der Waals surface area contributed by atoms with Gasteiger partial charge in [-0.05, 0) is 47.0 Å². The maximum absolute atomic E-state index is 13.2. The Balaban J connectivity index is 2.52. The first-order valence-electron chi connectivity index (χ1n) is 6.82. The Morgan fingerprint density at radius 1 is 1.29 bits per heavy atom. The first kappa shape index (κ1) is 16.2. The third-order valence-corrected chi connectivity index (χ3v) is 4.12. The third kappa shape index (κ3) is 3.71. The van der Waals surface area contributed by atoms with Crippen LogP contribution in [0.4, 0.5) is 10.2 Å². The number of nitrogens with zero attached hydrogens (tertiary/aromatic N) is 2. The Bertz CT molecular complexity index is 649. The predicted molar refractivity (Wildman–Crippen MR) is 88.3 cm³/mol. The summed E-state index contributed by atoms with van der Waals surface area (Å²) in [5, 5.41) is 3.57. The molecule has 3 nitrogen and oxygen atoms in total. The molecule has 0 bridgehead atoms. The van der Waals surface area contributed by atoms with E-state index < -0.39 is 0 Å². The summed E-state index contributed by atoms with van der Waals surface area (Å²) in [7, 11) is 0. The summed E-state index contributed by atoms with van der Waals surface area (Å²) >= 11 is 9.63. The maximum Gasteiger partial charge on any atom is 0.163 e. The van der Waals surface area contributed by atoms with Crippen molar-refractivity contribution in [1.29, 1.82) is 0 Å². The van der Waals surface area contributed by atoms with Crippen LogP contribution in [0.3, 0.4) is 0 Å². The van der Waals surface area contributed by atoms with E-state index in [1.54, 1.807) is 6.07 Å². The minimum absolute atomic E-state index is 0.306. The Hall–Kier alpha value is -1.20. The fraction of sp³-hybridized carbons (Fsp3) is 0.333. The van der Waals surface area contributed by atoms with E-state index in [2.05, 4.69) is 38.1 Å². The lowest BCUT2D eigenvalue weighted by Crippen LogP contribution is -2.07. The smallest absolute Gasteiger partial charge is 0.163 e. The molecule has 0 spiro atoms. The van der Waals surface area contributed by atoms with E-state index in [0.717, 1.165) is 35.4 Å². The van der Waals surface area contributed by atoms with E-state index in [-0.39, 0.29) is 5.82 Å². The van der Waals surface area contributed by atoms with Gasteiger partial charge in [-0.3, -0.25) is 0 Å². The van der Waals surface area contributed by atoms with Crippen molar-refractivity contribution in [2.24, 2.45) is 0 Å². The van der Waals surface area contributed by atoms with Crippen LogP contribution in [0.5, 0.6) is 0 Å². The quantitative estimate of drug-likeness (QED) is 0.795. The van der Waals surface area contributed by atoms with E-state index in [1.165, 1.54) is 12.1 Å². The Morgan fingerprint density at radius 2 is 2.05 bits per heavy atom. The summed E-state index contributed by atoms with van der Waals surface area (Å²) in [6.45, 7) is 4.92. The SMILES string of the molecule is CCCNc1nc(-c2ccc(F)cc2Cl)nc(CC)c1Br. The number of hydrogen-bond donors (Lipinski definition) is 1. The zero-order valence-corrected chi connectivity index (χ0v) is 14.2. The monoisotopic (exact) mass is 371 g/mol. The van der Waals surface area contributed by atoms with Crippen LogP contribution in [-0.2, 0) is 6.42 Å². The van der Waals surface area contributed by atoms with E-state index in [1.807, 2.05) is 6.92 Å². The topological polar surface area (TPSA) is 37.8 Å². The molecule has 1 aromatic carbocycles. The van der Waals surface area contributed by atoms with Gasteiger partial charge >= 0.3 is 0 Å². The van der Waals surface area contributed by atoms with Crippen LogP contribution in [0.25, 0.3) is 11.4 Å². The van der Waals surface area contributed by atoms with Crippen LogP contribution in [0.1, 0.15) is 26.0 Å². The lowest BCUT2D eigenvalue weighted by atomic mass is 10.2. The van der Waals surface area contributed by atoms with Crippen LogP contribution in [0, 0.1) is 5.82 Å². The van der Waals surface area contributed by atoms with Gasteiger partial charge in [0.05, 0.1) is 15.2 Å². The first-order chi connectivity index (χ1) is 10.1. The molecule has 0 saturated carbocycles. The van der Waals surface area contributed by atoms with Gasteiger partial charge in [0.15, 0.2) is 5.82 Å². The number of benzene rings is 1. The average molecular weight is 373 g/mol. The summed E-state index contributed by atoms with van der Waals surface area (Å²) in [6, 6.07) is 4.23. The largest absolute Gasteiger partial charge is 0.369 e. The van der Waals surface area contributed by atoms with Crippen molar-refractivity contribution in [2.75, 3.05) is 11.9 Å². The van der Waals surface area contributed by atoms with Gasteiger partial charge in [-0.15, -0.1) is 0 Å². The highest BCUT2D eigenvalue weighted by Crippen LogP contribution is 2.31. The van der Waals surface area contributed by atoms with Gasteiger partial charge in [0.1, 0.15) is 11.6 Å². The van der Waals surface area contributed by atoms with Gasteiger partial charge in [0.25, 0.3) is 0 Å². The highest BCUT2D eigenvalue weighted by molar-refractivity contribution is 9.10. The molecule has 21 heavy (non-hydrogen) atoms. The number of anilines is 1. The van der Waals surface area contributed by atoms with Crippen molar-refractivity contribution in [1.82, 2.24) is 9.97 Å². The van der Waals surface area contributed by atoms with E-state index >= 15 is 0 Å². The highest BCUT2D eigenvalue weighted by atomic mass is 79.9. The molecular weight excluding hydrogens is 357 g/mol. The fourth-order valence-electron chi connectivity index (χ4n) is 1.88. The number of nitrogens with one attached hydrogen (secondary N) is 1. The van der Waals surface area contributed by atoms with Crippen LogP contribution < -0.4 is 5.32 Å².